The van der Waals surface area contributed by atoms with Crippen molar-refractivity contribution in [1.29, 1.82) is 0 Å². The first kappa shape index (κ1) is 18.3. The normalized spacial score (nSPS) is 19.6. The zero-order chi connectivity index (χ0) is 20.1. The number of fused-ring (bicyclic) bond motifs is 1. The molecule has 1 N–H and O–H groups in total. The highest BCUT2D eigenvalue weighted by molar-refractivity contribution is 6.22. The van der Waals surface area contributed by atoms with E-state index in [9.17, 15) is 9.59 Å². The van der Waals surface area contributed by atoms with Crippen LogP contribution in [0, 0.1) is 5.41 Å². The number of aromatic nitrogens is 1. The number of pyridine rings is 1. The number of hydrogen-bond acceptors (Lipinski definition) is 5. The Morgan fingerprint density at radius 2 is 1.93 bits per heavy atom. The second-order valence-electron chi connectivity index (χ2n) is 8.51. The highest BCUT2D eigenvalue weighted by Crippen LogP contribution is 2.40. The van der Waals surface area contributed by atoms with Crippen LogP contribution in [0.3, 0.4) is 0 Å². The minimum absolute atomic E-state index is 0.0278. The predicted octanol–water partition coefficient (Wildman–Crippen LogP) is 3.67. The minimum atomic E-state index is -0.928. The van der Waals surface area contributed by atoms with E-state index in [4.69, 9.17) is 9.47 Å². The third kappa shape index (κ3) is 3.17. The number of carbonyl (C=O) groups excluding carboxylic acids is 2. The number of benzene rings is 1. The van der Waals surface area contributed by atoms with Crippen LogP contribution in [0.1, 0.15) is 33.3 Å². The summed E-state index contributed by atoms with van der Waals surface area (Å²) < 4.78 is 11.8. The van der Waals surface area contributed by atoms with E-state index in [2.05, 4.69) is 24.1 Å². The number of hydrogen-bond donors (Lipinski definition) is 1. The van der Waals surface area contributed by atoms with Gasteiger partial charge in [-0.1, -0.05) is 19.9 Å². The topological polar surface area (TPSA) is 80.8 Å². The molecule has 7 nitrogen and oxygen atoms in total. The van der Waals surface area contributed by atoms with Gasteiger partial charge in [-0.15, -0.1) is 0 Å². The Labute approximate surface area is 163 Å². The molecule has 7 heteroatoms. The van der Waals surface area contributed by atoms with Crippen molar-refractivity contribution in [3.63, 3.8) is 0 Å². The molecular weight excluding hydrogens is 358 g/mol. The van der Waals surface area contributed by atoms with Crippen LogP contribution in [0.4, 0.5) is 10.5 Å². The minimum Gasteiger partial charge on any atom is -0.493 e. The zero-order valence-electron chi connectivity index (χ0n) is 16.4. The summed E-state index contributed by atoms with van der Waals surface area (Å²) in [7, 11) is 0. The Morgan fingerprint density at radius 3 is 2.57 bits per heavy atom. The van der Waals surface area contributed by atoms with Crippen molar-refractivity contribution in [1.82, 2.24) is 10.3 Å². The number of anilines is 1. The molecule has 3 amide bonds. The van der Waals surface area contributed by atoms with Gasteiger partial charge in [-0.2, -0.15) is 0 Å². The summed E-state index contributed by atoms with van der Waals surface area (Å²) in [5, 5.41) is 2.65. The van der Waals surface area contributed by atoms with Crippen molar-refractivity contribution in [3.8, 4) is 17.4 Å². The number of imide groups is 1. The fourth-order valence-corrected chi connectivity index (χ4v) is 3.41. The van der Waals surface area contributed by atoms with E-state index in [-0.39, 0.29) is 11.3 Å². The zero-order valence-corrected chi connectivity index (χ0v) is 16.4. The number of nitrogens with zero attached hydrogens (tertiary/aromatic N) is 2. The Bertz CT molecular complexity index is 951. The molecule has 1 saturated heterocycles. The molecule has 1 aromatic heterocycles. The van der Waals surface area contributed by atoms with Crippen LogP contribution < -0.4 is 19.7 Å². The molecule has 0 spiro atoms. The Morgan fingerprint density at radius 1 is 1.14 bits per heavy atom. The van der Waals surface area contributed by atoms with Gasteiger partial charge in [-0.05, 0) is 38.5 Å². The maximum Gasteiger partial charge on any atom is 0.329 e. The van der Waals surface area contributed by atoms with Gasteiger partial charge in [0.2, 0.25) is 5.88 Å². The van der Waals surface area contributed by atoms with E-state index < -0.39 is 11.6 Å². The predicted molar refractivity (Wildman–Crippen MR) is 104 cm³/mol. The lowest BCUT2D eigenvalue weighted by molar-refractivity contribution is -0.121. The molecule has 1 fully saturated rings. The molecule has 1 aromatic carbocycles. The standard InChI is InChI=1S/C21H23N3O4/c1-20(2)10-14-15(27-12-20)6-5-7-16(14)28-17-9-8-13(11-22-17)24-18(25)21(3,4)23-19(24)26/h5-9,11H,10,12H2,1-4H3,(H,23,26). The van der Waals surface area contributed by atoms with Crippen molar-refractivity contribution in [2.75, 3.05) is 11.5 Å². The summed E-state index contributed by atoms with van der Waals surface area (Å²) in [6.45, 7) is 8.30. The smallest absolute Gasteiger partial charge is 0.329 e. The summed E-state index contributed by atoms with van der Waals surface area (Å²) in [6.07, 6.45) is 2.30. The van der Waals surface area contributed by atoms with Gasteiger partial charge in [-0.3, -0.25) is 4.79 Å². The molecule has 0 bridgehead atoms. The number of rotatable bonds is 3. The van der Waals surface area contributed by atoms with Crippen LogP contribution >= 0.6 is 0 Å². The molecule has 0 saturated carbocycles. The molecule has 4 rings (SSSR count). The molecule has 3 heterocycles. The number of urea groups is 1. The summed E-state index contributed by atoms with van der Waals surface area (Å²) in [4.78, 5) is 29.9. The van der Waals surface area contributed by atoms with Crippen molar-refractivity contribution < 1.29 is 19.1 Å². The monoisotopic (exact) mass is 381 g/mol. The SMILES string of the molecule is CC1(C)COc2cccc(Oc3ccc(N4C(=O)NC(C)(C)C4=O)cn3)c2C1. The lowest BCUT2D eigenvalue weighted by Gasteiger charge is -2.32. The quantitative estimate of drug-likeness (QED) is 0.821. The fourth-order valence-electron chi connectivity index (χ4n) is 3.41. The number of amides is 3. The van der Waals surface area contributed by atoms with E-state index in [1.807, 2.05) is 18.2 Å². The summed E-state index contributed by atoms with van der Waals surface area (Å²) in [6, 6.07) is 8.55. The van der Waals surface area contributed by atoms with Crippen LogP contribution in [0.5, 0.6) is 17.4 Å². The van der Waals surface area contributed by atoms with Crippen LogP contribution in [-0.4, -0.2) is 29.1 Å². The van der Waals surface area contributed by atoms with Crippen molar-refractivity contribution in [2.24, 2.45) is 5.41 Å². The summed E-state index contributed by atoms with van der Waals surface area (Å²) >= 11 is 0. The first-order valence-electron chi connectivity index (χ1n) is 9.22. The third-order valence-corrected chi connectivity index (χ3v) is 4.92. The Balaban J connectivity index is 1.57. The van der Waals surface area contributed by atoms with Gasteiger partial charge < -0.3 is 14.8 Å². The first-order chi connectivity index (χ1) is 13.2. The molecule has 28 heavy (non-hydrogen) atoms. The second kappa shape index (κ2) is 6.22. The first-order valence-corrected chi connectivity index (χ1v) is 9.22. The van der Waals surface area contributed by atoms with Crippen molar-refractivity contribution in [2.45, 2.75) is 39.7 Å². The van der Waals surface area contributed by atoms with E-state index in [1.165, 1.54) is 6.20 Å². The van der Waals surface area contributed by atoms with Gasteiger partial charge in [0, 0.05) is 17.0 Å². The molecule has 0 aliphatic carbocycles. The van der Waals surface area contributed by atoms with Crippen LogP contribution in [0.15, 0.2) is 36.5 Å². The van der Waals surface area contributed by atoms with Gasteiger partial charge in [0.05, 0.1) is 18.5 Å². The molecular formula is C21H23N3O4. The molecule has 146 valence electrons. The molecule has 0 unspecified atom stereocenters. The van der Waals surface area contributed by atoms with Crippen molar-refractivity contribution in [3.05, 3.63) is 42.1 Å². The lowest BCUT2D eigenvalue weighted by Crippen LogP contribution is -2.40. The van der Waals surface area contributed by atoms with E-state index >= 15 is 0 Å². The Kier molecular flexibility index (Phi) is 4.06. The van der Waals surface area contributed by atoms with E-state index in [0.717, 1.165) is 22.6 Å². The largest absolute Gasteiger partial charge is 0.493 e. The molecule has 0 radical (unpaired) electrons. The fraction of sp³-hybridized carbons (Fsp3) is 0.381. The lowest BCUT2D eigenvalue weighted by atomic mass is 9.84. The van der Waals surface area contributed by atoms with Gasteiger partial charge in [-0.25, -0.2) is 14.7 Å². The maximum absolute atomic E-state index is 12.4. The van der Waals surface area contributed by atoms with Crippen LogP contribution in [0.25, 0.3) is 0 Å². The maximum atomic E-state index is 12.4. The number of nitrogens with one attached hydrogen (secondary N) is 1. The number of ether oxygens (including phenoxy) is 2. The average molecular weight is 381 g/mol. The van der Waals surface area contributed by atoms with E-state index in [1.54, 1.807) is 26.0 Å². The van der Waals surface area contributed by atoms with Gasteiger partial charge in [0.25, 0.3) is 5.91 Å². The van der Waals surface area contributed by atoms with Crippen LogP contribution in [0.2, 0.25) is 0 Å². The van der Waals surface area contributed by atoms with Crippen LogP contribution in [-0.2, 0) is 11.2 Å². The molecule has 0 atom stereocenters. The third-order valence-electron chi connectivity index (χ3n) is 4.92. The highest BCUT2D eigenvalue weighted by Gasteiger charge is 2.45. The molecule has 2 aliphatic rings. The summed E-state index contributed by atoms with van der Waals surface area (Å²) in [5.74, 6) is 1.59. The van der Waals surface area contributed by atoms with Gasteiger partial charge in [0.1, 0.15) is 17.0 Å². The Hall–Kier alpha value is -3.09. The van der Waals surface area contributed by atoms with E-state index in [0.29, 0.717) is 23.9 Å². The molecule has 2 aliphatic heterocycles. The average Bonchev–Trinajstić information content (AvgIpc) is 2.83. The molecule has 2 aromatic rings. The summed E-state index contributed by atoms with van der Waals surface area (Å²) in [5.41, 5.74) is 0.516. The highest BCUT2D eigenvalue weighted by atomic mass is 16.5. The van der Waals surface area contributed by atoms with Gasteiger partial charge >= 0.3 is 6.03 Å². The number of carbonyl (C=O) groups is 2. The van der Waals surface area contributed by atoms with Gasteiger partial charge in [0.15, 0.2) is 0 Å². The second-order valence-corrected chi connectivity index (χ2v) is 8.51. The van der Waals surface area contributed by atoms with Crippen molar-refractivity contribution >= 4 is 17.6 Å².